The normalized spacial score (nSPS) is 22.9. The minimum atomic E-state index is -2.98. The summed E-state index contributed by atoms with van der Waals surface area (Å²) in [4.78, 5) is 11.0. The first-order valence-corrected chi connectivity index (χ1v) is 12.3. The van der Waals surface area contributed by atoms with Crippen molar-refractivity contribution in [2.24, 2.45) is 0 Å². The van der Waals surface area contributed by atoms with Crippen LogP contribution in [0.25, 0.3) is 0 Å². The monoisotopic (exact) mass is 514 g/mol. The van der Waals surface area contributed by atoms with Gasteiger partial charge in [0, 0.05) is 57.1 Å². The van der Waals surface area contributed by atoms with Crippen LogP contribution in [0.3, 0.4) is 0 Å². The molecule has 3 aliphatic rings. The van der Waals surface area contributed by atoms with E-state index in [1.54, 1.807) is 12.1 Å². The highest BCUT2D eigenvalue weighted by Gasteiger charge is 2.36. The molecule has 2 fully saturated rings. The summed E-state index contributed by atoms with van der Waals surface area (Å²) in [6.07, 6.45) is 3.57. The van der Waals surface area contributed by atoms with E-state index >= 15 is 0 Å². The topological polar surface area (TPSA) is 86.4 Å². The molecule has 3 aromatic rings. The molecule has 4 heterocycles. The minimum absolute atomic E-state index is 0.0162. The second-order valence-electron chi connectivity index (χ2n) is 9.05. The van der Waals surface area contributed by atoms with E-state index in [9.17, 15) is 8.78 Å². The van der Waals surface area contributed by atoms with Crippen LogP contribution in [0.5, 0.6) is 5.75 Å². The number of aromatic nitrogens is 2. The van der Waals surface area contributed by atoms with Gasteiger partial charge in [-0.3, -0.25) is 0 Å². The third-order valence-electron chi connectivity index (χ3n) is 6.84. The van der Waals surface area contributed by atoms with E-state index in [0.29, 0.717) is 35.8 Å². The number of hydrogen-bond donors (Lipinski definition) is 4. The van der Waals surface area contributed by atoms with Gasteiger partial charge in [-0.15, -0.1) is 0 Å². The van der Waals surface area contributed by atoms with Crippen molar-refractivity contribution in [3.63, 3.8) is 0 Å². The maximum Gasteiger partial charge on any atom is 0.387 e. The van der Waals surface area contributed by atoms with Gasteiger partial charge >= 0.3 is 6.61 Å². The molecule has 0 saturated carbocycles. The second kappa shape index (κ2) is 9.68. The van der Waals surface area contributed by atoms with Crippen LogP contribution in [0.2, 0.25) is 5.02 Å². The highest BCUT2D eigenvalue weighted by molar-refractivity contribution is 6.32. The number of piperazine rings is 1. The van der Waals surface area contributed by atoms with Crippen molar-refractivity contribution in [1.29, 1.82) is 0 Å². The molecule has 0 amide bonds. The average molecular weight is 515 g/mol. The van der Waals surface area contributed by atoms with Gasteiger partial charge in [-0.2, -0.15) is 13.8 Å². The Morgan fingerprint density at radius 1 is 1.11 bits per heavy atom. The molecule has 3 aliphatic heterocycles. The van der Waals surface area contributed by atoms with E-state index in [1.807, 2.05) is 24.3 Å². The van der Waals surface area contributed by atoms with Gasteiger partial charge in [0.2, 0.25) is 5.95 Å². The van der Waals surface area contributed by atoms with E-state index < -0.39 is 13.1 Å². The molecule has 11 heteroatoms. The molecular formula is C25H26ClF2N7O. The Morgan fingerprint density at radius 3 is 2.75 bits per heavy atom. The molecule has 8 nitrogen and oxygen atoms in total. The van der Waals surface area contributed by atoms with E-state index in [-0.39, 0.29) is 16.7 Å². The molecule has 1 aromatic heterocycles. The third kappa shape index (κ3) is 4.52. The average Bonchev–Trinajstić information content (AvgIpc) is 3.38. The lowest BCUT2D eigenvalue weighted by Crippen LogP contribution is -2.51. The number of halogens is 3. The van der Waals surface area contributed by atoms with Gasteiger partial charge < -0.3 is 30.9 Å². The molecule has 0 spiro atoms. The predicted molar refractivity (Wildman–Crippen MR) is 136 cm³/mol. The van der Waals surface area contributed by atoms with Gasteiger partial charge in [0.1, 0.15) is 5.02 Å². The Kier molecular flexibility index (Phi) is 5.92. The van der Waals surface area contributed by atoms with Crippen molar-refractivity contribution in [2.75, 3.05) is 28.6 Å². The smallest absolute Gasteiger partial charge is 0.387 e. The SMILES string of the molecule is [2H]C1NCc2cccc(Nc3nc(Nc4ccc(N5[C@@H]6CC[C@H]5CNC6)cc4OC(F)F)ncc3Cl)c21. The zero-order valence-corrected chi connectivity index (χ0v) is 20.0. The zero-order valence-electron chi connectivity index (χ0n) is 20.3. The predicted octanol–water partition coefficient (Wildman–Crippen LogP) is 4.76. The van der Waals surface area contributed by atoms with E-state index in [0.717, 1.165) is 42.7 Å². The number of benzene rings is 2. The summed E-state index contributed by atoms with van der Waals surface area (Å²) in [6.45, 7) is -1.18. The largest absolute Gasteiger partial charge is 0.433 e. The van der Waals surface area contributed by atoms with Gasteiger partial charge in [0.05, 0.1) is 11.9 Å². The van der Waals surface area contributed by atoms with E-state index in [1.165, 1.54) is 6.20 Å². The molecule has 36 heavy (non-hydrogen) atoms. The standard InChI is InChI=1S/C25H26ClF2N7O/c26-19-13-31-25(34-23(19)32-20-3-1-2-14-9-29-12-18(14)20)33-21-7-6-15(8-22(21)36-24(27)28)35-16-4-5-17(35)11-30-10-16/h1-3,6-8,13,16-17,24,29-30H,4-5,9-12H2,(H2,31,32,33,34)/t16-,17+/i12D/t12?,16-,17+. The zero-order chi connectivity index (χ0) is 25.5. The number of nitrogens with one attached hydrogen (secondary N) is 4. The lowest BCUT2D eigenvalue weighted by atomic mass is 10.1. The summed E-state index contributed by atoms with van der Waals surface area (Å²) in [5.74, 6) is 0.508. The molecule has 4 N–H and O–H groups in total. The number of nitrogens with zero attached hydrogens (tertiary/aromatic N) is 3. The fraction of sp³-hybridized carbons (Fsp3) is 0.360. The number of anilines is 5. The van der Waals surface area contributed by atoms with Crippen molar-refractivity contribution in [1.82, 2.24) is 20.6 Å². The van der Waals surface area contributed by atoms with Gasteiger partial charge in [0.25, 0.3) is 0 Å². The minimum Gasteiger partial charge on any atom is -0.433 e. The van der Waals surface area contributed by atoms with Crippen LogP contribution in [0.15, 0.2) is 42.6 Å². The summed E-state index contributed by atoms with van der Waals surface area (Å²) in [6, 6.07) is 11.7. The summed E-state index contributed by atoms with van der Waals surface area (Å²) in [5.41, 5.74) is 3.74. The number of hydrogen-bond acceptors (Lipinski definition) is 8. The maximum atomic E-state index is 13.3. The highest BCUT2D eigenvalue weighted by Crippen LogP contribution is 2.38. The summed E-state index contributed by atoms with van der Waals surface area (Å²) in [5, 5.41) is 13.0. The van der Waals surface area contributed by atoms with Gasteiger partial charge in [-0.1, -0.05) is 23.7 Å². The summed E-state index contributed by atoms with van der Waals surface area (Å²) < 4.78 is 39.8. The molecule has 2 saturated heterocycles. The van der Waals surface area contributed by atoms with Gasteiger partial charge in [0.15, 0.2) is 11.6 Å². The number of ether oxygens (including phenoxy) is 1. The highest BCUT2D eigenvalue weighted by atomic mass is 35.5. The fourth-order valence-corrected chi connectivity index (χ4v) is 5.38. The molecule has 0 radical (unpaired) electrons. The first-order chi connectivity index (χ1) is 18.0. The van der Waals surface area contributed by atoms with Crippen LogP contribution < -0.4 is 30.9 Å². The first kappa shape index (κ1) is 22.0. The van der Waals surface area contributed by atoms with E-state index in [4.69, 9.17) is 17.7 Å². The molecule has 0 aliphatic carbocycles. The Hall–Kier alpha value is -3.21. The number of alkyl halides is 2. The molecule has 6 rings (SSSR count). The Bertz CT molecular complexity index is 1300. The fourth-order valence-electron chi connectivity index (χ4n) is 5.24. The maximum absolute atomic E-state index is 13.3. The summed E-state index contributed by atoms with van der Waals surface area (Å²) >= 11 is 6.36. The van der Waals surface area contributed by atoms with Crippen LogP contribution in [0.1, 0.15) is 25.3 Å². The van der Waals surface area contributed by atoms with Crippen molar-refractivity contribution in [2.45, 2.75) is 44.6 Å². The molecule has 188 valence electrons. The second-order valence-corrected chi connectivity index (χ2v) is 9.46. The van der Waals surface area contributed by atoms with Crippen molar-refractivity contribution < 1.29 is 14.9 Å². The molecule has 1 unspecified atom stereocenters. The van der Waals surface area contributed by atoms with Crippen molar-refractivity contribution in [3.8, 4) is 5.75 Å². The number of rotatable bonds is 7. The number of fused-ring (bicyclic) bond motifs is 3. The Labute approximate surface area is 213 Å². The Morgan fingerprint density at radius 2 is 1.94 bits per heavy atom. The summed E-state index contributed by atoms with van der Waals surface area (Å²) in [7, 11) is 0. The lowest BCUT2D eigenvalue weighted by molar-refractivity contribution is -0.0493. The Balaban J connectivity index is 1.27. The van der Waals surface area contributed by atoms with Crippen LogP contribution >= 0.6 is 11.6 Å². The van der Waals surface area contributed by atoms with Gasteiger partial charge in [-0.05, 0) is 42.2 Å². The van der Waals surface area contributed by atoms with Crippen molar-refractivity contribution >= 4 is 40.4 Å². The molecule has 2 bridgehead atoms. The lowest BCUT2D eigenvalue weighted by Gasteiger charge is -2.37. The molecule has 2 aromatic carbocycles. The first-order valence-electron chi connectivity index (χ1n) is 12.5. The van der Waals surface area contributed by atoms with Crippen LogP contribution in [-0.4, -0.2) is 41.8 Å². The van der Waals surface area contributed by atoms with E-state index in [2.05, 4.69) is 36.1 Å². The molecular weight excluding hydrogens is 488 g/mol. The van der Waals surface area contributed by atoms with Gasteiger partial charge in [-0.25, -0.2) is 4.98 Å². The molecule has 3 atom stereocenters. The quantitative estimate of drug-likeness (QED) is 0.359. The third-order valence-corrected chi connectivity index (χ3v) is 7.11. The van der Waals surface area contributed by atoms with Crippen molar-refractivity contribution in [3.05, 3.63) is 58.7 Å². The van der Waals surface area contributed by atoms with Crippen LogP contribution in [0.4, 0.5) is 37.6 Å². The van der Waals surface area contributed by atoms with Crippen LogP contribution in [0, 0.1) is 0 Å². The van der Waals surface area contributed by atoms with Crippen LogP contribution in [-0.2, 0) is 13.1 Å².